The maximum Gasteiger partial charge on any atom is 0.273 e. The highest BCUT2D eigenvalue weighted by molar-refractivity contribution is 5.37. The molecule has 0 aromatic heterocycles. The molecule has 1 rings (SSSR count). The van der Waals surface area contributed by atoms with Crippen molar-refractivity contribution in [2.45, 2.75) is 6.42 Å². The largest absolute Gasteiger partial charge is 0.493 e. The van der Waals surface area contributed by atoms with Crippen LogP contribution in [-0.2, 0) is 0 Å². The number of hydrogen-bond donors (Lipinski definition) is 0. The van der Waals surface area contributed by atoms with Gasteiger partial charge in [-0.25, -0.2) is 0 Å². The monoisotopic (exact) mass is 222 g/mol. The van der Waals surface area contributed by atoms with Crippen LogP contribution in [0, 0.1) is 10.1 Å². The third-order valence-electron chi connectivity index (χ3n) is 1.76. The number of hydrogen-bond acceptors (Lipinski definition) is 4. The van der Waals surface area contributed by atoms with Gasteiger partial charge in [0.1, 0.15) is 5.75 Å². The lowest BCUT2D eigenvalue weighted by molar-refractivity contribution is -0.384. The average Bonchev–Trinajstić information content (AvgIpc) is 2.29. The fourth-order valence-corrected chi connectivity index (χ4v) is 1.06. The van der Waals surface area contributed by atoms with Crippen LogP contribution < -0.4 is 4.74 Å². The third kappa shape index (κ3) is 3.85. The zero-order valence-electron chi connectivity index (χ0n) is 8.44. The zero-order chi connectivity index (χ0) is 11.8. The van der Waals surface area contributed by atoms with Crippen LogP contribution in [0.25, 0.3) is 10.4 Å². The van der Waals surface area contributed by atoms with Crippen LogP contribution in [0.4, 0.5) is 5.69 Å². The molecule has 0 spiro atoms. The van der Waals surface area contributed by atoms with Crippen molar-refractivity contribution in [2.24, 2.45) is 5.11 Å². The van der Waals surface area contributed by atoms with E-state index in [0.717, 1.165) is 0 Å². The Bertz CT molecular complexity index is 415. The van der Waals surface area contributed by atoms with Gasteiger partial charge in [-0.2, -0.15) is 0 Å². The van der Waals surface area contributed by atoms with E-state index in [1.807, 2.05) is 0 Å². The molecule has 0 aliphatic carbocycles. The van der Waals surface area contributed by atoms with E-state index in [1.165, 1.54) is 12.1 Å². The zero-order valence-corrected chi connectivity index (χ0v) is 8.44. The molecule has 0 atom stereocenters. The van der Waals surface area contributed by atoms with Gasteiger partial charge in [0.05, 0.1) is 17.6 Å². The van der Waals surface area contributed by atoms with Gasteiger partial charge in [0, 0.05) is 17.5 Å². The minimum absolute atomic E-state index is 0.00690. The molecule has 0 saturated heterocycles. The van der Waals surface area contributed by atoms with E-state index in [2.05, 4.69) is 10.0 Å². The lowest BCUT2D eigenvalue weighted by Gasteiger charge is -2.03. The van der Waals surface area contributed by atoms with Crippen LogP contribution in [0.2, 0.25) is 0 Å². The second-order valence-corrected chi connectivity index (χ2v) is 2.91. The summed E-state index contributed by atoms with van der Waals surface area (Å²) in [6.45, 7) is 0.714. The molecule has 0 radical (unpaired) electrons. The number of nitrogens with zero attached hydrogens (tertiary/aromatic N) is 4. The molecular weight excluding hydrogens is 212 g/mol. The molecular formula is C9H10N4O3. The molecule has 0 fully saturated rings. The van der Waals surface area contributed by atoms with Crippen molar-refractivity contribution in [2.75, 3.05) is 13.2 Å². The molecule has 0 heterocycles. The molecule has 1 aromatic carbocycles. The number of benzene rings is 1. The Morgan fingerprint density at radius 2 is 2.38 bits per heavy atom. The smallest absolute Gasteiger partial charge is 0.273 e. The summed E-state index contributed by atoms with van der Waals surface area (Å²) in [6, 6.07) is 5.95. The van der Waals surface area contributed by atoms with Crippen molar-refractivity contribution in [3.05, 3.63) is 44.8 Å². The van der Waals surface area contributed by atoms with Crippen LogP contribution in [0.1, 0.15) is 6.42 Å². The summed E-state index contributed by atoms with van der Waals surface area (Å²) in [5, 5.41) is 13.8. The lowest BCUT2D eigenvalue weighted by atomic mass is 10.3. The Hall–Kier alpha value is -2.27. The van der Waals surface area contributed by atoms with Gasteiger partial charge in [0.25, 0.3) is 5.69 Å². The highest BCUT2D eigenvalue weighted by atomic mass is 16.6. The van der Waals surface area contributed by atoms with Gasteiger partial charge in [0.2, 0.25) is 0 Å². The number of rotatable bonds is 6. The molecule has 7 nitrogen and oxygen atoms in total. The normalized spacial score (nSPS) is 9.25. The van der Waals surface area contributed by atoms with Gasteiger partial charge in [-0.1, -0.05) is 11.2 Å². The molecule has 0 saturated carbocycles. The summed E-state index contributed by atoms with van der Waals surface area (Å²) in [6.07, 6.45) is 0.576. The third-order valence-corrected chi connectivity index (χ3v) is 1.76. The number of azide groups is 1. The van der Waals surface area contributed by atoms with E-state index in [9.17, 15) is 10.1 Å². The van der Waals surface area contributed by atoms with Crippen LogP contribution in [0.15, 0.2) is 29.4 Å². The maximum atomic E-state index is 10.5. The first-order valence-corrected chi connectivity index (χ1v) is 4.62. The summed E-state index contributed by atoms with van der Waals surface area (Å²) >= 11 is 0. The van der Waals surface area contributed by atoms with Crippen LogP contribution in [-0.4, -0.2) is 18.1 Å². The van der Waals surface area contributed by atoms with Crippen molar-refractivity contribution in [1.29, 1.82) is 0 Å². The topological polar surface area (TPSA) is 101 Å². The minimum Gasteiger partial charge on any atom is -0.493 e. The Labute approximate surface area is 91.4 Å². The fraction of sp³-hybridized carbons (Fsp3) is 0.333. The number of nitro benzene ring substituents is 1. The Morgan fingerprint density at radius 1 is 1.56 bits per heavy atom. The van der Waals surface area contributed by atoms with Gasteiger partial charge in [-0.15, -0.1) is 0 Å². The molecule has 0 aliphatic rings. The van der Waals surface area contributed by atoms with Gasteiger partial charge in [0.15, 0.2) is 0 Å². The van der Waals surface area contributed by atoms with Crippen molar-refractivity contribution in [1.82, 2.24) is 0 Å². The highest BCUT2D eigenvalue weighted by Crippen LogP contribution is 2.18. The molecule has 7 heteroatoms. The molecule has 84 valence electrons. The lowest BCUT2D eigenvalue weighted by Crippen LogP contribution is -1.99. The van der Waals surface area contributed by atoms with E-state index in [4.69, 9.17) is 10.3 Å². The molecule has 0 bridgehead atoms. The van der Waals surface area contributed by atoms with Crippen LogP contribution in [0.3, 0.4) is 0 Å². The predicted octanol–water partition coefficient (Wildman–Crippen LogP) is 2.67. The molecule has 16 heavy (non-hydrogen) atoms. The second kappa shape index (κ2) is 6.26. The van der Waals surface area contributed by atoms with Crippen molar-refractivity contribution in [3.63, 3.8) is 0 Å². The first-order valence-electron chi connectivity index (χ1n) is 4.62. The summed E-state index contributed by atoms with van der Waals surface area (Å²) in [4.78, 5) is 12.6. The second-order valence-electron chi connectivity index (χ2n) is 2.91. The van der Waals surface area contributed by atoms with E-state index in [-0.39, 0.29) is 5.69 Å². The van der Waals surface area contributed by atoms with E-state index in [1.54, 1.807) is 12.1 Å². The van der Waals surface area contributed by atoms with Gasteiger partial charge >= 0.3 is 0 Å². The van der Waals surface area contributed by atoms with Gasteiger partial charge < -0.3 is 4.74 Å². The minimum atomic E-state index is -0.479. The van der Waals surface area contributed by atoms with Crippen LogP contribution in [0.5, 0.6) is 5.75 Å². The Morgan fingerprint density at radius 3 is 3.06 bits per heavy atom. The van der Waals surface area contributed by atoms with Crippen molar-refractivity contribution in [3.8, 4) is 5.75 Å². The SMILES string of the molecule is [N-]=[N+]=NCCCOc1cccc([N+](=O)[O-])c1. The molecule has 1 aromatic rings. The highest BCUT2D eigenvalue weighted by Gasteiger charge is 2.05. The van der Waals surface area contributed by atoms with E-state index >= 15 is 0 Å². The first kappa shape index (κ1) is 11.8. The van der Waals surface area contributed by atoms with E-state index in [0.29, 0.717) is 25.3 Å². The maximum absolute atomic E-state index is 10.5. The first-order chi connectivity index (χ1) is 7.74. The van der Waals surface area contributed by atoms with E-state index < -0.39 is 4.92 Å². The number of ether oxygens (including phenoxy) is 1. The van der Waals surface area contributed by atoms with Gasteiger partial charge in [-0.3, -0.25) is 10.1 Å². The Kier molecular flexibility index (Phi) is 4.62. The summed E-state index contributed by atoms with van der Waals surface area (Å²) in [7, 11) is 0. The van der Waals surface area contributed by atoms with Crippen molar-refractivity contribution >= 4 is 5.69 Å². The molecule has 0 aliphatic heterocycles. The fourth-order valence-electron chi connectivity index (χ4n) is 1.06. The quantitative estimate of drug-likeness (QED) is 0.184. The standard InChI is InChI=1S/C9H10N4O3/c10-12-11-5-2-6-16-9-4-1-3-8(7-9)13(14)15/h1,3-4,7H,2,5-6H2. The number of nitro groups is 1. The van der Waals surface area contributed by atoms with Crippen molar-refractivity contribution < 1.29 is 9.66 Å². The van der Waals surface area contributed by atoms with Gasteiger partial charge in [-0.05, 0) is 18.0 Å². The predicted molar refractivity (Wildman–Crippen MR) is 57.2 cm³/mol. The summed E-state index contributed by atoms with van der Waals surface area (Å²) in [5.41, 5.74) is 8.02. The molecule has 0 N–H and O–H groups in total. The molecule has 0 unspecified atom stereocenters. The summed E-state index contributed by atoms with van der Waals surface area (Å²) < 4.78 is 5.26. The molecule has 0 amide bonds. The Balaban J connectivity index is 2.44. The summed E-state index contributed by atoms with van der Waals surface area (Å²) in [5.74, 6) is 0.440. The van der Waals surface area contributed by atoms with Crippen LogP contribution >= 0.6 is 0 Å². The average molecular weight is 222 g/mol. The number of non-ortho nitro benzene ring substituents is 1.